The third-order valence-electron chi connectivity index (χ3n) is 12.1. The zero-order chi connectivity index (χ0) is 47.4. The summed E-state index contributed by atoms with van der Waals surface area (Å²) in [7, 11) is 1.29. The van der Waals surface area contributed by atoms with Crippen molar-refractivity contribution in [2.75, 3.05) is 47.5 Å². The number of carbonyl (C=O) groups is 3. The number of Topliss-reactive ketones (excluding diaryl/α,β-unsaturated/α-hetero) is 1. The van der Waals surface area contributed by atoms with Gasteiger partial charge in [-0.15, -0.1) is 0 Å². The van der Waals surface area contributed by atoms with E-state index < -0.39 is 44.7 Å². The van der Waals surface area contributed by atoms with Crippen molar-refractivity contribution in [1.82, 2.24) is 0 Å². The predicted octanol–water partition coefficient (Wildman–Crippen LogP) is 10.2. The molecule has 1 saturated carbocycles. The summed E-state index contributed by atoms with van der Waals surface area (Å²) < 4.78 is 40.6. The molecule has 0 amide bonds. The number of esters is 2. The molecule has 3 N–H and O–H groups in total. The van der Waals surface area contributed by atoms with E-state index in [1.54, 1.807) is 12.2 Å². The maximum absolute atomic E-state index is 12.9. The fourth-order valence-corrected chi connectivity index (χ4v) is 8.56. The quantitative estimate of drug-likeness (QED) is 0.0189. The van der Waals surface area contributed by atoms with Crippen molar-refractivity contribution < 1.29 is 61.5 Å². The molecule has 368 valence electrons. The van der Waals surface area contributed by atoms with Crippen LogP contribution in [0.2, 0.25) is 0 Å². The van der Waals surface area contributed by atoms with Crippen LogP contribution < -0.4 is 0 Å². The second-order valence-corrected chi connectivity index (χ2v) is 20.3. The van der Waals surface area contributed by atoms with E-state index in [2.05, 4.69) is 27.7 Å². The summed E-state index contributed by atoms with van der Waals surface area (Å²) in [5.41, 5.74) is 2.63. The number of likely N-dealkylation sites (N-methyl/N-ethyl adjacent to an activating group) is 1. The van der Waals surface area contributed by atoms with Crippen LogP contribution in [0.1, 0.15) is 171 Å². The molecule has 1 aromatic heterocycles. The maximum Gasteiger partial charge on any atom is 0.472 e. The molecule has 0 radical (unpaired) electrons. The summed E-state index contributed by atoms with van der Waals surface area (Å²) in [5.74, 6) is 0.550. The first-order valence-corrected chi connectivity index (χ1v) is 26.0. The van der Waals surface area contributed by atoms with E-state index in [0.29, 0.717) is 43.1 Å². The Kier molecular flexibility index (Phi) is 28.9. The first-order valence-electron chi connectivity index (χ1n) is 24.5. The van der Waals surface area contributed by atoms with Crippen LogP contribution in [0.15, 0.2) is 28.7 Å². The van der Waals surface area contributed by atoms with Crippen LogP contribution in [-0.2, 0) is 50.3 Å². The number of nitrogens with zero attached hydrogens (tertiary/aromatic N) is 1. The molecule has 1 aromatic rings. The Hall–Kier alpha value is -2.64. The minimum atomic E-state index is -4.47. The van der Waals surface area contributed by atoms with Gasteiger partial charge in [0.1, 0.15) is 37.1 Å². The molecular weight excluding hydrogens is 838 g/mol. The van der Waals surface area contributed by atoms with E-state index in [9.17, 15) is 34.1 Å². The lowest BCUT2D eigenvalue weighted by Crippen LogP contribution is -2.37. The maximum atomic E-state index is 12.9. The monoisotopic (exact) mass is 925 g/mol. The Morgan fingerprint density at radius 3 is 2.05 bits per heavy atom. The molecule has 2 rings (SSSR count). The Labute approximate surface area is 385 Å². The van der Waals surface area contributed by atoms with Gasteiger partial charge in [-0.05, 0) is 69.9 Å². The Balaban J connectivity index is 1.75. The van der Waals surface area contributed by atoms with Crippen molar-refractivity contribution in [1.29, 1.82) is 0 Å². The Morgan fingerprint density at radius 1 is 0.812 bits per heavy atom. The fourth-order valence-electron chi connectivity index (χ4n) is 7.82. The van der Waals surface area contributed by atoms with E-state index in [-0.39, 0.29) is 50.1 Å². The van der Waals surface area contributed by atoms with Gasteiger partial charge < -0.3 is 33.5 Å². The van der Waals surface area contributed by atoms with E-state index >= 15 is 0 Å². The number of carbonyl (C=O) groups excluding carboxylic acids is 3. The van der Waals surface area contributed by atoms with Crippen molar-refractivity contribution in [3.05, 3.63) is 47.0 Å². The van der Waals surface area contributed by atoms with Crippen LogP contribution in [-0.4, -0.2) is 103 Å². The largest absolute Gasteiger partial charge is 0.472 e. The van der Waals surface area contributed by atoms with Crippen molar-refractivity contribution in [3.8, 4) is 0 Å². The zero-order valence-electron chi connectivity index (χ0n) is 40.7. The van der Waals surface area contributed by atoms with Crippen molar-refractivity contribution in [2.24, 2.45) is 11.8 Å². The molecule has 13 nitrogen and oxygen atoms in total. The highest BCUT2D eigenvalue weighted by atomic mass is 31.2. The lowest BCUT2D eigenvalue weighted by Gasteiger charge is -2.24. The number of furan rings is 1. The molecule has 1 unspecified atom stereocenters. The highest BCUT2D eigenvalue weighted by molar-refractivity contribution is 7.47. The fraction of sp³-hybridized carbons (Fsp3) is 0.780. The molecule has 1 heterocycles. The molecule has 1 aliphatic carbocycles. The zero-order valence-corrected chi connectivity index (χ0v) is 41.6. The number of aliphatic hydroxyl groups excluding tert-OH is 2. The molecule has 0 aliphatic heterocycles. The number of ketones is 1. The number of phosphoric acid groups is 1. The number of allylic oxidation sites excluding steroid dienone is 2. The summed E-state index contributed by atoms with van der Waals surface area (Å²) in [6, 6.07) is 0. The molecule has 0 saturated heterocycles. The third kappa shape index (κ3) is 25.3. The van der Waals surface area contributed by atoms with Crippen LogP contribution in [0.4, 0.5) is 0 Å². The summed E-state index contributed by atoms with van der Waals surface area (Å²) in [5, 5.41) is 20.8. The summed E-state index contributed by atoms with van der Waals surface area (Å²) in [6.07, 6.45) is 24.1. The average Bonchev–Trinajstić information content (AvgIpc) is 3.66. The number of phosphoric ester groups is 1. The number of hydrogen-bond donors (Lipinski definition) is 3. The van der Waals surface area contributed by atoms with Gasteiger partial charge in [0.05, 0.1) is 40.0 Å². The van der Waals surface area contributed by atoms with Crippen LogP contribution in [0.3, 0.4) is 0 Å². The molecule has 64 heavy (non-hydrogen) atoms. The van der Waals surface area contributed by atoms with Crippen LogP contribution in [0.5, 0.6) is 0 Å². The molecule has 14 heteroatoms. The van der Waals surface area contributed by atoms with Crippen LogP contribution in [0.25, 0.3) is 0 Å². The second kappa shape index (κ2) is 32.1. The summed E-state index contributed by atoms with van der Waals surface area (Å²) in [4.78, 5) is 48.4. The number of aryl methyl sites for hydroxylation is 2. The summed E-state index contributed by atoms with van der Waals surface area (Å²) >= 11 is 0. The first kappa shape index (κ1) is 57.5. The smallest absolute Gasteiger partial charge is 0.466 e. The number of rotatable bonds is 37. The van der Waals surface area contributed by atoms with E-state index in [1.807, 2.05) is 33.3 Å². The van der Waals surface area contributed by atoms with Gasteiger partial charge in [-0.25, -0.2) is 4.57 Å². The highest BCUT2D eigenvalue weighted by Crippen LogP contribution is 2.43. The number of quaternary nitrogens is 1. The van der Waals surface area contributed by atoms with Gasteiger partial charge in [0.25, 0.3) is 0 Å². The lowest BCUT2D eigenvalue weighted by atomic mass is 9.90. The molecular formula is C50H87NO12P+. The first-order chi connectivity index (χ1) is 30.5. The standard InChI is InChI=1S/C50H86NO12P/c1-8-10-20-26-41(52)32-33-44-43(45(53)36-46(44)54)27-22-18-19-25-31-50(56)62-42(38-61-64(57,58)60-35-34-51(5,6)7)37-59-49(55)30-24-17-15-13-12-14-16-23-29-48-40(4)39(3)47(63-48)28-21-11-9-2/h18,22,32-33,41-44,46,52,54H,8-17,19-21,23-31,34-38H2,1-7H3/p+1/b22-18-,33-32+/t41-,42+,43+,44+,46+/m0/s1. The topological polar surface area (TPSA) is 179 Å². The van der Waals surface area contributed by atoms with Gasteiger partial charge in [-0.3, -0.25) is 23.4 Å². The third-order valence-corrected chi connectivity index (χ3v) is 13.0. The molecule has 0 aromatic carbocycles. The molecule has 6 atom stereocenters. The number of ether oxygens (including phenoxy) is 2. The van der Waals surface area contributed by atoms with Crippen molar-refractivity contribution in [2.45, 2.75) is 194 Å². The number of hydrogen-bond acceptors (Lipinski definition) is 11. The Morgan fingerprint density at radius 2 is 1.41 bits per heavy atom. The summed E-state index contributed by atoms with van der Waals surface area (Å²) in [6.45, 7) is 8.30. The van der Waals surface area contributed by atoms with E-state index in [0.717, 1.165) is 75.7 Å². The normalized spacial score (nSPS) is 18.8. The number of unbranched alkanes of at least 4 members (excludes halogenated alkanes) is 12. The average molecular weight is 925 g/mol. The molecule has 1 aliphatic rings. The minimum absolute atomic E-state index is 0.00801. The van der Waals surface area contributed by atoms with Crippen molar-refractivity contribution >= 4 is 25.5 Å². The van der Waals surface area contributed by atoms with E-state index in [4.69, 9.17) is 22.9 Å². The van der Waals surface area contributed by atoms with Gasteiger partial charge in [0, 0.05) is 43.9 Å². The highest BCUT2D eigenvalue weighted by Gasteiger charge is 2.39. The van der Waals surface area contributed by atoms with Crippen molar-refractivity contribution in [3.63, 3.8) is 0 Å². The predicted molar refractivity (Wildman–Crippen MR) is 252 cm³/mol. The second-order valence-electron chi connectivity index (χ2n) is 18.9. The van der Waals surface area contributed by atoms with Crippen LogP contribution in [0, 0.1) is 25.7 Å². The van der Waals surface area contributed by atoms with Gasteiger partial charge in [-0.1, -0.05) is 109 Å². The SMILES string of the molecule is CCCCCc1oc(CCCCCCCCCCC(=O)OC[C@H](COP(=O)(O)OCC[N+](C)(C)C)OC(=O)CCC/C=C\C[C@H]2C(=O)C[C@@H](O)[C@@H]2/C=C/[C@@H](O)CCCCC)c(C)c1C. The molecule has 0 spiro atoms. The minimum Gasteiger partial charge on any atom is -0.466 e. The van der Waals surface area contributed by atoms with Gasteiger partial charge >= 0.3 is 19.8 Å². The van der Waals surface area contributed by atoms with Gasteiger partial charge in [0.2, 0.25) is 0 Å². The van der Waals surface area contributed by atoms with Gasteiger partial charge in [-0.2, -0.15) is 0 Å². The number of aliphatic hydroxyl groups is 2. The molecule has 0 bridgehead atoms. The lowest BCUT2D eigenvalue weighted by molar-refractivity contribution is -0.870. The van der Waals surface area contributed by atoms with Crippen LogP contribution >= 0.6 is 7.82 Å². The van der Waals surface area contributed by atoms with E-state index in [1.165, 1.54) is 43.2 Å². The van der Waals surface area contributed by atoms with Gasteiger partial charge in [0.15, 0.2) is 6.10 Å². The molecule has 1 fully saturated rings. The Bertz CT molecular complexity index is 1580.